The quantitative estimate of drug-likeness (QED) is 0.836. The number of anilines is 2. The van der Waals surface area contributed by atoms with Crippen LogP contribution in [0.2, 0.25) is 0 Å². The summed E-state index contributed by atoms with van der Waals surface area (Å²) >= 11 is 1.79. The third-order valence-corrected chi connectivity index (χ3v) is 4.26. The summed E-state index contributed by atoms with van der Waals surface area (Å²) in [6.45, 7) is 10.5. The van der Waals surface area contributed by atoms with Gasteiger partial charge in [0.2, 0.25) is 0 Å². The average Bonchev–Trinajstić information content (AvgIpc) is 2.97. The van der Waals surface area contributed by atoms with Gasteiger partial charge in [-0.25, -0.2) is 9.97 Å². The zero-order valence-corrected chi connectivity index (χ0v) is 14.1. The molecule has 5 heteroatoms. The van der Waals surface area contributed by atoms with E-state index in [1.165, 1.54) is 4.88 Å². The summed E-state index contributed by atoms with van der Waals surface area (Å²) in [5, 5.41) is 5.50. The summed E-state index contributed by atoms with van der Waals surface area (Å²) in [4.78, 5) is 12.6. The lowest BCUT2D eigenvalue weighted by Gasteiger charge is -2.29. The molecule has 0 fully saturated rings. The lowest BCUT2D eigenvalue weighted by atomic mass is 10.2. The number of nitrogens with one attached hydrogen (secondary N) is 1. The predicted molar refractivity (Wildman–Crippen MR) is 91.2 cm³/mol. The molecule has 0 radical (unpaired) electrons. The van der Waals surface area contributed by atoms with Crippen LogP contribution in [0.1, 0.15) is 37.6 Å². The molecule has 1 N–H and O–H groups in total. The number of nitrogens with zero attached hydrogens (tertiary/aromatic N) is 3. The highest BCUT2D eigenvalue weighted by atomic mass is 32.1. The molecule has 0 aromatic carbocycles. The molecular weight excluding hydrogens is 280 g/mol. The van der Waals surface area contributed by atoms with Gasteiger partial charge in [0, 0.05) is 23.0 Å². The van der Waals surface area contributed by atoms with E-state index in [9.17, 15) is 0 Å². The zero-order chi connectivity index (χ0) is 15.2. The molecule has 0 amide bonds. The molecule has 2 aromatic heterocycles. The van der Waals surface area contributed by atoms with Crippen LogP contribution in [0.15, 0.2) is 23.8 Å². The highest BCUT2D eigenvalue weighted by Gasteiger charge is 2.17. The Morgan fingerprint density at radius 2 is 2.14 bits per heavy atom. The Balaban J connectivity index is 2.27. The van der Waals surface area contributed by atoms with Crippen molar-refractivity contribution in [2.75, 3.05) is 16.8 Å². The van der Waals surface area contributed by atoms with E-state index in [0.717, 1.165) is 36.7 Å². The molecule has 0 aliphatic carbocycles. The fourth-order valence-electron chi connectivity index (χ4n) is 2.22. The van der Waals surface area contributed by atoms with Crippen LogP contribution in [0.3, 0.4) is 0 Å². The first-order valence-electron chi connectivity index (χ1n) is 7.48. The normalized spacial score (nSPS) is 10.9. The van der Waals surface area contributed by atoms with Crippen LogP contribution in [-0.4, -0.2) is 22.6 Å². The molecule has 0 bridgehead atoms. The van der Waals surface area contributed by atoms with Gasteiger partial charge < -0.3 is 10.2 Å². The molecule has 0 saturated carbocycles. The van der Waals surface area contributed by atoms with Crippen molar-refractivity contribution in [2.45, 2.75) is 46.7 Å². The molecule has 0 atom stereocenters. The molecule has 2 heterocycles. The SMILES string of the molecule is CCCNc1ncnc(N(Cc2cccs2)C(C)C)c1C. The summed E-state index contributed by atoms with van der Waals surface area (Å²) in [5.74, 6) is 1.96. The van der Waals surface area contributed by atoms with Crippen molar-refractivity contribution in [1.29, 1.82) is 0 Å². The van der Waals surface area contributed by atoms with Gasteiger partial charge in [-0.3, -0.25) is 0 Å². The number of thiophene rings is 1. The molecule has 21 heavy (non-hydrogen) atoms. The van der Waals surface area contributed by atoms with Crippen molar-refractivity contribution in [2.24, 2.45) is 0 Å². The Hall–Kier alpha value is -1.62. The van der Waals surface area contributed by atoms with Gasteiger partial charge in [-0.05, 0) is 38.6 Å². The van der Waals surface area contributed by atoms with E-state index in [4.69, 9.17) is 0 Å². The van der Waals surface area contributed by atoms with E-state index < -0.39 is 0 Å². The van der Waals surface area contributed by atoms with E-state index in [1.54, 1.807) is 17.7 Å². The van der Waals surface area contributed by atoms with Gasteiger partial charge in [-0.2, -0.15) is 0 Å². The van der Waals surface area contributed by atoms with Gasteiger partial charge in [0.05, 0.1) is 6.54 Å². The molecule has 2 aromatic rings. The number of aromatic nitrogens is 2. The van der Waals surface area contributed by atoms with Gasteiger partial charge in [0.15, 0.2) is 0 Å². The second kappa shape index (κ2) is 7.41. The highest BCUT2D eigenvalue weighted by molar-refractivity contribution is 7.09. The smallest absolute Gasteiger partial charge is 0.137 e. The van der Waals surface area contributed by atoms with Crippen LogP contribution in [0.25, 0.3) is 0 Å². The third kappa shape index (κ3) is 3.94. The van der Waals surface area contributed by atoms with Gasteiger partial charge >= 0.3 is 0 Å². The summed E-state index contributed by atoms with van der Waals surface area (Å²) in [6, 6.07) is 4.66. The first kappa shape index (κ1) is 15.8. The maximum Gasteiger partial charge on any atom is 0.137 e. The van der Waals surface area contributed by atoms with Crippen LogP contribution in [0, 0.1) is 6.92 Å². The van der Waals surface area contributed by atoms with Crippen LogP contribution in [-0.2, 0) is 6.54 Å². The van der Waals surface area contributed by atoms with Crippen LogP contribution >= 0.6 is 11.3 Å². The Kier molecular flexibility index (Phi) is 5.56. The van der Waals surface area contributed by atoms with Crippen molar-refractivity contribution in [1.82, 2.24) is 9.97 Å². The minimum Gasteiger partial charge on any atom is -0.370 e. The summed E-state index contributed by atoms with van der Waals surface area (Å²) in [7, 11) is 0. The van der Waals surface area contributed by atoms with Gasteiger partial charge in [-0.1, -0.05) is 13.0 Å². The third-order valence-electron chi connectivity index (χ3n) is 3.40. The molecule has 0 saturated heterocycles. The molecule has 0 spiro atoms. The topological polar surface area (TPSA) is 41.1 Å². The molecule has 0 unspecified atom stereocenters. The minimum absolute atomic E-state index is 0.389. The highest BCUT2D eigenvalue weighted by Crippen LogP contribution is 2.26. The van der Waals surface area contributed by atoms with Crippen molar-refractivity contribution in [3.05, 3.63) is 34.3 Å². The Morgan fingerprint density at radius 3 is 2.76 bits per heavy atom. The largest absolute Gasteiger partial charge is 0.370 e. The second-order valence-electron chi connectivity index (χ2n) is 5.40. The minimum atomic E-state index is 0.389. The van der Waals surface area contributed by atoms with E-state index in [0.29, 0.717) is 6.04 Å². The molecule has 2 rings (SSSR count). The molecule has 0 aliphatic heterocycles. The average molecular weight is 304 g/mol. The first-order valence-corrected chi connectivity index (χ1v) is 8.36. The van der Waals surface area contributed by atoms with Crippen molar-refractivity contribution >= 4 is 23.0 Å². The van der Waals surface area contributed by atoms with Crippen LogP contribution in [0.4, 0.5) is 11.6 Å². The van der Waals surface area contributed by atoms with Crippen LogP contribution < -0.4 is 10.2 Å². The van der Waals surface area contributed by atoms with Crippen molar-refractivity contribution in [3.63, 3.8) is 0 Å². The lowest BCUT2D eigenvalue weighted by Crippen LogP contribution is -2.31. The fraction of sp³-hybridized carbons (Fsp3) is 0.500. The maximum atomic E-state index is 4.53. The summed E-state index contributed by atoms with van der Waals surface area (Å²) in [6.07, 6.45) is 2.74. The number of rotatable bonds is 7. The van der Waals surface area contributed by atoms with Gasteiger partial charge in [-0.15, -0.1) is 11.3 Å². The predicted octanol–water partition coefficient (Wildman–Crippen LogP) is 4.08. The van der Waals surface area contributed by atoms with Gasteiger partial charge in [0.1, 0.15) is 18.0 Å². The molecule has 114 valence electrons. The first-order chi connectivity index (χ1) is 10.1. The Morgan fingerprint density at radius 1 is 1.33 bits per heavy atom. The molecule has 4 nitrogen and oxygen atoms in total. The summed E-state index contributed by atoms with van der Waals surface area (Å²) in [5.41, 5.74) is 1.12. The lowest BCUT2D eigenvalue weighted by molar-refractivity contribution is 0.673. The fourth-order valence-corrected chi connectivity index (χ4v) is 2.93. The van der Waals surface area contributed by atoms with Gasteiger partial charge in [0.25, 0.3) is 0 Å². The van der Waals surface area contributed by atoms with Crippen molar-refractivity contribution < 1.29 is 0 Å². The Bertz CT molecular complexity index is 551. The van der Waals surface area contributed by atoms with Crippen LogP contribution in [0.5, 0.6) is 0 Å². The Labute approximate surface area is 131 Å². The standard InChI is InChI=1S/C16H24N4S/c1-5-8-17-15-13(4)16(19-11-18-15)20(12(2)3)10-14-7-6-9-21-14/h6-7,9,11-12H,5,8,10H2,1-4H3,(H,17,18,19). The van der Waals surface area contributed by atoms with E-state index in [2.05, 4.69) is 65.4 Å². The second-order valence-corrected chi connectivity index (χ2v) is 6.43. The van der Waals surface area contributed by atoms with E-state index in [1.807, 2.05) is 0 Å². The number of hydrogen-bond acceptors (Lipinski definition) is 5. The summed E-state index contributed by atoms with van der Waals surface area (Å²) < 4.78 is 0. The number of hydrogen-bond donors (Lipinski definition) is 1. The zero-order valence-electron chi connectivity index (χ0n) is 13.3. The maximum absolute atomic E-state index is 4.53. The van der Waals surface area contributed by atoms with E-state index in [-0.39, 0.29) is 0 Å². The van der Waals surface area contributed by atoms with E-state index >= 15 is 0 Å². The monoisotopic (exact) mass is 304 g/mol. The van der Waals surface area contributed by atoms with Crippen molar-refractivity contribution in [3.8, 4) is 0 Å². The molecular formula is C16H24N4S. The molecule has 0 aliphatic rings.